The Balaban J connectivity index is 2.14. The molecule has 0 saturated heterocycles. The maximum atomic E-state index is 12.9. The first-order chi connectivity index (χ1) is 11.2. The smallest absolute Gasteiger partial charge is 0.325 e. The molecule has 0 fully saturated rings. The fourth-order valence-corrected chi connectivity index (χ4v) is 2.76. The van der Waals surface area contributed by atoms with Crippen LogP contribution in [0.25, 0.3) is 0 Å². The van der Waals surface area contributed by atoms with Crippen molar-refractivity contribution in [2.75, 3.05) is 5.32 Å². The number of aromatic nitrogens is 2. The van der Waals surface area contributed by atoms with Gasteiger partial charge in [-0.05, 0) is 26.0 Å². The zero-order chi connectivity index (χ0) is 17.9. The number of alkyl halides is 3. The van der Waals surface area contributed by atoms with Gasteiger partial charge in [0.2, 0.25) is 5.91 Å². The van der Waals surface area contributed by atoms with Crippen LogP contribution in [0, 0.1) is 6.92 Å². The normalized spacial score (nSPS) is 12.7. The summed E-state index contributed by atoms with van der Waals surface area (Å²) in [5.74, 6) is -0.624. The maximum Gasteiger partial charge on any atom is 0.418 e. The van der Waals surface area contributed by atoms with Crippen molar-refractivity contribution in [1.29, 1.82) is 0 Å². The number of hydrogen-bond acceptors (Lipinski definition) is 4. The molecule has 5 nitrogen and oxygen atoms in total. The summed E-state index contributed by atoms with van der Waals surface area (Å²) in [6, 6.07) is 6.03. The van der Waals surface area contributed by atoms with E-state index in [1.165, 1.54) is 31.2 Å². The molecule has 0 aliphatic heterocycles. The van der Waals surface area contributed by atoms with E-state index in [0.29, 0.717) is 5.69 Å². The lowest BCUT2D eigenvalue weighted by Gasteiger charge is -2.16. The monoisotopic (exact) mass is 357 g/mol. The summed E-state index contributed by atoms with van der Waals surface area (Å²) in [5.41, 5.74) is -1.11. The van der Waals surface area contributed by atoms with Gasteiger partial charge in [0.25, 0.3) is 5.56 Å². The number of amides is 1. The largest absolute Gasteiger partial charge is 0.418 e. The van der Waals surface area contributed by atoms with Crippen molar-refractivity contribution in [1.82, 2.24) is 9.97 Å². The lowest BCUT2D eigenvalue weighted by atomic mass is 10.1. The number of benzene rings is 1. The van der Waals surface area contributed by atoms with E-state index < -0.39 is 22.9 Å². The van der Waals surface area contributed by atoms with E-state index in [0.717, 1.165) is 17.8 Å². The molecule has 0 saturated carbocycles. The van der Waals surface area contributed by atoms with Crippen LogP contribution in [-0.4, -0.2) is 21.1 Å². The molecule has 0 aliphatic rings. The maximum absolute atomic E-state index is 12.9. The predicted octanol–water partition coefficient (Wildman–Crippen LogP) is 3.22. The highest BCUT2D eigenvalue weighted by Gasteiger charge is 2.33. The molecule has 1 aromatic carbocycles. The van der Waals surface area contributed by atoms with Crippen molar-refractivity contribution >= 4 is 23.4 Å². The van der Waals surface area contributed by atoms with Crippen LogP contribution in [0.3, 0.4) is 0 Å². The van der Waals surface area contributed by atoms with Gasteiger partial charge in [0.1, 0.15) is 0 Å². The standard InChI is InChI=1S/C15H14F3N3O2S/c1-8-7-12(22)21-14(19-8)24-9(2)13(23)20-11-6-4-3-5-10(11)15(16,17)18/h3-7,9H,1-2H3,(H,20,23)(H,19,21,22)/t9-/m0/s1. The molecule has 0 radical (unpaired) electrons. The third-order valence-electron chi connectivity index (χ3n) is 3.00. The number of thioether (sulfide) groups is 1. The number of H-pyrrole nitrogens is 1. The second kappa shape index (κ2) is 7.08. The number of carbonyl (C=O) groups excluding carboxylic acids is 1. The molecule has 128 valence electrons. The Kier molecular flexibility index (Phi) is 5.33. The molecule has 0 aliphatic carbocycles. The Morgan fingerprint density at radius 1 is 1.33 bits per heavy atom. The van der Waals surface area contributed by atoms with Gasteiger partial charge in [-0.25, -0.2) is 4.98 Å². The summed E-state index contributed by atoms with van der Waals surface area (Å²) in [6.45, 7) is 3.14. The lowest BCUT2D eigenvalue weighted by molar-refractivity contribution is -0.137. The first-order valence-electron chi connectivity index (χ1n) is 6.88. The first-order valence-corrected chi connectivity index (χ1v) is 7.76. The molecule has 2 N–H and O–H groups in total. The second-order valence-corrected chi connectivity index (χ2v) is 6.31. The molecule has 0 unspecified atom stereocenters. The number of nitrogens with zero attached hydrogens (tertiary/aromatic N) is 1. The van der Waals surface area contributed by atoms with Crippen molar-refractivity contribution in [2.45, 2.75) is 30.4 Å². The van der Waals surface area contributed by atoms with E-state index >= 15 is 0 Å². The molecule has 2 aromatic rings. The van der Waals surface area contributed by atoms with Crippen molar-refractivity contribution in [2.24, 2.45) is 0 Å². The quantitative estimate of drug-likeness (QED) is 0.651. The van der Waals surface area contributed by atoms with Crippen LogP contribution in [0.4, 0.5) is 18.9 Å². The van der Waals surface area contributed by atoms with Crippen molar-refractivity contribution in [3.05, 3.63) is 51.9 Å². The zero-order valence-electron chi connectivity index (χ0n) is 12.8. The third kappa shape index (κ3) is 4.60. The Morgan fingerprint density at radius 2 is 2.00 bits per heavy atom. The van der Waals surface area contributed by atoms with E-state index in [9.17, 15) is 22.8 Å². The number of aromatic amines is 1. The molecule has 24 heavy (non-hydrogen) atoms. The van der Waals surface area contributed by atoms with E-state index in [1.807, 2.05) is 0 Å². The molecule has 0 spiro atoms. The first kappa shape index (κ1) is 18.1. The van der Waals surface area contributed by atoms with Crippen LogP contribution in [-0.2, 0) is 11.0 Å². The summed E-state index contributed by atoms with van der Waals surface area (Å²) < 4.78 is 38.8. The van der Waals surface area contributed by atoms with Gasteiger partial charge in [0.05, 0.1) is 16.5 Å². The highest BCUT2D eigenvalue weighted by atomic mass is 32.2. The van der Waals surface area contributed by atoms with E-state index in [-0.39, 0.29) is 16.4 Å². The molecule has 1 amide bonds. The highest BCUT2D eigenvalue weighted by Crippen LogP contribution is 2.34. The number of hydrogen-bond donors (Lipinski definition) is 2. The van der Waals surface area contributed by atoms with Crippen LogP contribution in [0.15, 0.2) is 40.3 Å². The van der Waals surface area contributed by atoms with Gasteiger partial charge in [-0.1, -0.05) is 23.9 Å². The summed E-state index contributed by atoms with van der Waals surface area (Å²) >= 11 is 0.953. The fraction of sp³-hybridized carbons (Fsp3) is 0.267. The molecule has 1 aromatic heterocycles. The molecule has 0 bridgehead atoms. The third-order valence-corrected chi connectivity index (χ3v) is 3.98. The van der Waals surface area contributed by atoms with Crippen LogP contribution < -0.4 is 10.9 Å². The predicted molar refractivity (Wildman–Crippen MR) is 85.0 cm³/mol. The van der Waals surface area contributed by atoms with Gasteiger partial charge in [0.15, 0.2) is 5.16 Å². The number of aryl methyl sites for hydroxylation is 1. The Hall–Kier alpha value is -2.29. The Morgan fingerprint density at radius 3 is 2.62 bits per heavy atom. The van der Waals surface area contributed by atoms with Gasteiger partial charge in [0, 0.05) is 11.8 Å². The molecule has 9 heteroatoms. The number of nitrogens with one attached hydrogen (secondary N) is 2. The Bertz CT molecular complexity index is 805. The van der Waals surface area contributed by atoms with Gasteiger partial charge in [-0.2, -0.15) is 13.2 Å². The fourth-order valence-electron chi connectivity index (χ4n) is 1.90. The van der Waals surface area contributed by atoms with Crippen LogP contribution >= 0.6 is 11.8 Å². The zero-order valence-corrected chi connectivity index (χ0v) is 13.6. The summed E-state index contributed by atoms with van der Waals surface area (Å²) in [6.07, 6.45) is -4.57. The van der Waals surface area contributed by atoms with Crippen molar-refractivity contribution in [3.8, 4) is 0 Å². The van der Waals surface area contributed by atoms with Gasteiger partial charge < -0.3 is 10.3 Å². The molecule has 1 atom stereocenters. The number of carbonyl (C=O) groups is 1. The molecule has 2 rings (SSSR count). The number of halogens is 3. The van der Waals surface area contributed by atoms with Crippen LogP contribution in [0.1, 0.15) is 18.2 Å². The second-order valence-electron chi connectivity index (χ2n) is 4.98. The minimum absolute atomic E-state index is 0.228. The van der Waals surface area contributed by atoms with E-state index in [1.54, 1.807) is 6.92 Å². The molecular weight excluding hydrogens is 343 g/mol. The summed E-state index contributed by atoms with van der Waals surface area (Å²) in [5, 5.41) is 1.74. The van der Waals surface area contributed by atoms with Crippen molar-refractivity contribution in [3.63, 3.8) is 0 Å². The van der Waals surface area contributed by atoms with Gasteiger partial charge in [-0.3, -0.25) is 9.59 Å². The van der Waals surface area contributed by atoms with Gasteiger partial charge in [-0.15, -0.1) is 0 Å². The molecular formula is C15H14F3N3O2S. The lowest BCUT2D eigenvalue weighted by Crippen LogP contribution is -2.25. The highest BCUT2D eigenvalue weighted by molar-refractivity contribution is 8.00. The van der Waals surface area contributed by atoms with E-state index in [2.05, 4.69) is 15.3 Å². The number of anilines is 1. The minimum Gasteiger partial charge on any atom is -0.325 e. The van der Waals surface area contributed by atoms with Crippen molar-refractivity contribution < 1.29 is 18.0 Å². The number of para-hydroxylation sites is 1. The van der Waals surface area contributed by atoms with Crippen LogP contribution in [0.5, 0.6) is 0 Å². The summed E-state index contributed by atoms with van der Waals surface area (Å²) in [7, 11) is 0. The van der Waals surface area contributed by atoms with Crippen LogP contribution in [0.2, 0.25) is 0 Å². The van der Waals surface area contributed by atoms with Gasteiger partial charge >= 0.3 is 6.18 Å². The SMILES string of the molecule is Cc1cc(=O)[nH]c(S[C@@H](C)C(=O)Nc2ccccc2C(F)(F)F)n1. The Labute approximate surface area is 139 Å². The average Bonchev–Trinajstić information content (AvgIpc) is 2.45. The minimum atomic E-state index is -4.57. The van der Waals surface area contributed by atoms with E-state index in [4.69, 9.17) is 0 Å². The number of rotatable bonds is 4. The summed E-state index contributed by atoms with van der Waals surface area (Å²) in [4.78, 5) is 30.1. The topological polar surface area (TPSA) is 74.8 Å². The average molecular weight is 357 g/mol. The molecule has 1 heterocycles.